The van der Waals surface area contributed by atoms with E-state index in [-0.39, 0.29) is 18.6 Å². The van der Waals surface area contributed by atoms with E-state index >= 15 is 0 Å². The zero-order valence-corrected chi connectivity index (χ0v) is 27.8. The average Bonchev–Trinajstić information content (AvgIpc) is 3.51. The third kappa shape index (κ3) is 8.55. The zero-order valence-electron chi connectivity index (χ0n) is 27.8. The molecule has 0 radical (unpaired) electrons. The zero-order chi connectivity index (χ0) is 33.8. The van der Waals surface area contributed by atoms with Crippen LogP contribution in [0, 0.1) is 0 Å². The number of β-amino-alcohol motifs (C(OH)–C–C–N with tert-alkyl or cyclic N) is 1. The van der Waals surface area contributed by atoms with Crippen molar-refractivity contribution in [2.45, 2.75) is 62.7 Å². The second-order valence-corrected chi connectivity index (χ2v) is 12.3. The van der Waals surface area contributed by atoms with E-state index < -0.39 is 17.6 Å². The SMILES string of the molecule is COc1ccc(C(C[C@@H]2C[C@@H](O)CN2C(=O)CCCCCNC(=O)OCc2ccccc2)(c2ccccc2)c2ccc(OC)cc2)cc1. The molecule has 0 unspecified atom stereocenters. The van der Waals surface area contributed by atoms with Crippen molar-refractivity contribution in [1.82, 2.24) is 10.2 Å². The molecule has 2 N–H and O–H groups in total. The molecule has 1 aliphatic heterocycles. The van der Waals surface area contributed by atoms with E-state index in [9.17, 15) is 14.7 Å². The normalized spacial score (nSPS) is 15.9. The van der Waals surface area contributed by atoms with Gasteiger partial charge in [-0.3, -0.25) is 4.79 Å². The first-order valence-corrected chi connectivity index (χ1v) is 16.7. The largest absolute Gasteiger partial charge is 0.497 e. The van der Waals surface area contributed by atoms with E-state index in [1.807, 2.05) is 77.7 Å². The molecule has 0 aromatic heterocycles. The lowest BCUT2D eigenvalue weighted by molar-refractivity contribution is -0.132. The van der Waals surface area contributed by atoms with Gasteiger partial charge < -0.3 is 29.5 Å². The standard InChI is InChI=1S/C40H46N2O6/c1-46-36-21-17-32(18-22-36)40(31-14-8-4-9-15-31,33-19-23-37(47-2)24-20-33)27-34-26-35(43)28-42(34)38(44)16-10-5-11-25-41-39(45)48-29-30-12-6-3-7-13-30/h3-4,6-9,12-15,17-24,34-35,43H,5,10-11,16,25-29H2,1-2H3,(H,41,45)/t34-,35+/m0/s1. The Kier molecular flexibility index (Phi) is 12.1. The Bertz CT molecular complexity index is 1530. The minimum Gasteiger partial charge on any atom is -0.497 e. The Morgan fingerprint density at radius 3 is 1.92 bits per heavy atom. The van der Waals surface area contributed by atoms with Crippen molar-refractivity contribution < 1.29 is 28.9 Å². The van der Waals surface area contributed by atoms with Crippen LogP contribution in [0.2, 0.25) is 0 Å². The number of methoxy groups -OCH3 is 2. The van der Waals surface area contributed by atoms with Gasteiger partial charge in [-0.25, -0.2) is 4.79 Å². The molecular weight excluding hydrogens is 604 g/mol. The number of hydrogen-bond donors (Lipinski definition) is 2. The molecule has 4 aromatic rings. The summed E-state index contributed by atoms with van der Waals surface area (Å²) < 4.78 is 16.3. The third-order valence-corrected chi connectivity index (χ3v) is 9.24. The summed E-state index contributed by atoms with van der Waals surface area (Å²) in [6, 6.07) is 36.0. The van der Waals surface area contributed by atoms with Gasteiger partial charge in [-0.1, -0.05) is 91.3 Å². The molecule has 1 aliphatic rings. The molecule has 1 saturated heterocycles. The van der Waals surface area contributed by atoms with Gasteiger partial charge in [0.1, 0.15) is 18.1 Å². The number of benzene rings is 4. The maximum absolute atomic E-state index is 13.7. The third-order valence-electron chi connectivity index (χ3n) is 9.24. The van der Waals surface area contributed by atoms with E-state index in [1.165, 1.54) is 0 Å². The van der Waals surface area contributed by atoms with Gasteiger partial charge in [-0.05, 0) is 72.2 Å². The molecule has 2 atom stereocenters. The number of ether oxygens (including phenoxy) is 3. The quantitative estimate of drug-likeness (QED) is 0.108. The van der Waals surface area contributed by atoms with Crippen LogP contribution >= 0.6 is 0 Å². The highest BCUT2D eigenvalue weighted by Gasteiger charge is 2.44. The van der Waals surface area contributed by atoms with Crippen molar-refractivity contribution >= 4 is 12.0 Å². The van der Waals surface area contributed by atoms with Crippen LogP contribution in [0.15, 0.2) is 109 Å². The summed E-state index contributed by atoms with van der Waals surface area (Å²) >= 11 is 0. The van der Waals surface area contributed by atoms with Crippen LogP contribution in [0.25, 0.3) is 0 Å². The lowest BCUT2D eigenvalue weighted by Crippen LogP contribution is -2.42. The Morgan fingerprint density at radius 1 is 0.771 bits per heavy atom. The minimum absolute atomic E-state index is 0.0400. The van der Waals surface area contributed by atoms with Gasteiger partial charge in [0.05, 0.1) is 20.3 Å². The number of rotatable bonds is 15. The molecule has 5 rings (SSSR count). The van der Waals surface area contributed by atoms with Crippen LogP contribution in [-0.4, -0.2) is 61.5 Å². The summed E-state index contributed by atoms with van der Waals surface area (Å²) in [5, 5.41) is 13.7. The molecule has 4 aromatic carbocycles. The minimum atomic E-state index is -0.617. The molecule has 0 saturated carbocycles. The van der Waals surface area contributed by atoms with E-state index in [0.29, 0.717) is 38.8 Å². The number of carbonyl (C=O) groups excluding carboxylic acids is 2. The number of aliphatic hydroxyl groups is 1. The first kappa shape index (κ1) is 34.5. The number of likely N-dealkylation sites (tertiary alicyclic amines) is 1. The molecule has 2 amide bonds. The fourth-order valence-electron chi connectivity index (χ4n) is 6.76. The molecule has 8 nitrogen and oxygen atoms in total. The maximum atomic E-state index is 13.7. The van der Waals surface area contributed by atoms with Crippen LogP contribution in [0.1, 0.15) is 60.8 Å². The van der Waals surface area contributed by atoms with Gasteiger partial charge in [0.15, 0.2) is 0 Å². The highest BCUT2D eigenvalue weighted by Crippen LogP contribution is 2.46. The van der Waals surface area contributed by atoms with Gasteiger partial charge in [-0.15, -0.1) is 0 Å². The monoisotopic (exact) mass is 650 g/mol. The predicted octanol–water partition coefficient (Wildman–Crippen LogP) is 6.88. The smallest absolute Gasteiger partial charge is 0.407 e. The number of aliphatic hydroxyl groups excluding tert-OH is 1. The number of nitrogens with zero attached hydrogens (tertiary/aromatic N) is 1. The van der Waals surface area contributed by atoms with E-state index in [2.05, 4.69) is 41.7 Å². The Morgan fingerprint density at radius 2 is 1.33 bits per heavy atom. The van der Waals surface area contributed by atoms with Gasteiger partial charge in [-0.2, -0.15) is 0 Å². The number of nitrogens with one attached hydrogen (secondary N) is 1. The Hall–Kier alpha value is -4.82. The van der Waals surface area contributed by atoms with Gasteiger partial charge >= 0.3 is 6.09 Å². The van der Waals surface area contributed by atoms with Crippen LogP contribution in [0.3, 0.4) is 0 Å². The number of unbranched alkanes of at least 4 members (excludes halogenated alkanes) is 2. The van der Waals surface area contributed by atoms with Gasteiger partial charge in [0.25, 0.3) is 0 Å². The van der Waals surface area contributed by atoms with Crippen molar-refractivity contribution in [3.8, 4) is 11.5 Å². The molecule has 8 heteroatoms. The van der Waals surface area contributed by atoms with Crippen molar-refractivity contribution in [1.29, 1.82) is 0 Å². The summed E-state index contributed by atoms with van der Waals surface area (Å²) in [7, 11) is 3.31. The molecule has 48 heavy (non-hydrogen) atoms. The summed E-state index contributed by atoms with van der Waals surface area (Å²) in [4.78, 5) is 27.7. The Labute approximate surface area is 283 Å². The van der Waals surface area contributed by atoms with Crippen molar-refractivity contribution in [2.24, 2.45) is 0 Å². The molecule has 1 heterocycles. The second kappa shape index (κ2) is 16.8. The van der Waals surface area contributed by atoms with Crippen LogP contribution in [-0.2, 0) is 21.6 Å². The lowest BCUT2D eigenvalue weighted by Gasteiger charge is -2.40. The van der Waals surface area contributed by atoms with Crippen LogP contribution < -0.4 is 14.8 Å². The number of hydrogen-bond acceptors (Lipinski definition) is 6. The fraction of sp³-hybridized carbons (Fsp3) is 0.350. The summed E-state index contributed by atoms with van der Waals surface area (Å²) in [6.07, 6.45) is 2.66. The maximum Gasteiger partial charge on any atom is 0.407 e. The highest BCUT2D eigenvalue weighted by atomic mass is 16.5. The lowest BCUT2D eigenvalue weighted by atomic mass is 9.65. The molecule has 0 bridgehead atoms. The highest BCUT2D eigenvalue weighted by molar-refractivity contribution is 5.77. The topological polar surface area (TPSA) is 97.3 Å². The van der Waals surface area contributed by atoms with E-state index in [4.69, 9.17) is 14.2 Å². The first-order chi connectivity index (χ1) is 23.4. The molecule has 1 fully saturated rings. The number of amides is 2. The Balaban J connectivity index is 1.27. The number of alkyl carbamates (subject to hydrolysis) is 1. The van der Waals surface area contributed by atoms with E-state index in [0.717, 1.165) is 46.6 Å². The van der Waals surface area contributed by atoms with Gasteiger partial charge in [0, 0.05) is 31.0 Å². The van der Waals surface area contributed by atoms with Crippen molar-refractivity contribution in [3.05, 3.63) is 131 Å². The molecule has 0 aliphatic carbocycles. The summed E-state index contributed by atoms with van der Waals surface area (Å²) in [5.74, 6) is 1.57. The van der Waals surface area contributed by atoms with Gasteiger partial charge in [0.2, 0.25) is 5.91 Å². The first-order valence-electron chi connectivity index (χ1n) is 16.7. The van der Waals surface area contributed by atoms with Crippen LogP contribution in [0.5, 0.6) is 11.5 Å². The number of carbonyl (C=O) groups is 2. The second-order valence-electron chi connectivity index (χ2n) is 12.3. The van der Waals surface area contributed by atoms with Crippen molar-refractivity contribution in [3.63, 3.8) is 0 Å². The van der Waals surface area contributed by atoms with E-state index in [1.54, 1.807) is 14.2 Å². The van der Waals surface area contributed by atoms with Crippen LogP contribution in [0.4, 0.5) is 4.79 Å². The molecule has 0 spiro atoms. The van der Waals surface area contributed by atoms with Crippen molar-refractivity contribution in [2.75, 3.05) is 27.3 Å². The average molecular weight is 651 g/mol. The summed E-state index contributed by atoms with van der Waals surface area (Å²) in [5.41, 5.74) is 3.56. The molecular formula is C40H46N2O6. The summed E-state index contributed by atoms with van der Waals surface area (Å²) in [6.45, 7) is 1.02. The molecule has 252 valence electrons. The fourth-order valence-corrected chi connectivity index (χ4v) is 6.76. The predicted molar refractivity (Wildman–Crippen MR) is 186 cm³/mol.